The number of nitrogens with one attached hydrogen (secondary N) is 1. The zero-order valence-electron chi connectivity index (χ0n) is 15.7. The van der Waals surface area contributed by atoms with E-state index < -0.39 is 6.04 Å². The Morgan fingerprint density at radius 3 is 2.50 bits per heavy atom. The lowest BCUT2D eigenvalue weighted by atomic mass is 10.1. The molecule has 0 bridgehead atoms. The third-order valence-electron chi connectivity index (χ3n) is 4.87. The van der Waals surface area contributed by atoms with Gasteiger partial charge in [-0.1, -0.05) is 37.6 Å². The van der Waals surface area contributed by atoms with Crippen LogP contribution in [-0.2, 0) is 16.0 Å². The third kappa shape index (κ3) is 3.79. The van der Waals surface area contributed by atoms with E-state index in [9.17, 15) is 9.59 Å². The summed E-state index contributed by atoms with van der Waals surface area (Å²) in [6.07, 6.45) is 3.60. The van der Waals surface area contributed by atoms with Crippen LogP contribution in [0, 0.1) is 13.8 Å². The van der Waals surface area contributed by atoms with Gasteiger partial charge in [0.05, 0.1) is 12.1 Å². The summed E-state index contributed by atoms with van der Waals surface area (Å²) in [4.78, 5) is 26.7. The third-order valence-corrected chi connectivity index (χ3v) is 4.87. The predicted octanol–water partition coefficient (Wildman–Crippen LogP) is 4.39. The van der Waals surface area contributed by atoms with Gasteiger partial charge in [-0.3, -0.25) is 9.59 Å². The average Bonchev–Trinajstić information content (AvgIpc) is 2.90. The molecule has 2 aromatic carbocycles. The number of carbonyl (C=O) groups is 2. The maximum Gasteiger partial charge on any atom is 0.256 e. The van der Waals surface area contributed by atoms with E-state index in [1.165, 1.54) is 23.3 Å². The Bertz CT molecular complexity index is 811. The number of hydrogen-bond donors (Lipinski definition) is 1. The topological polar surface area (TPSA) is 49.4 Å². The van der Waals surface area contributed by atoms with Crippen LogP contribution in [0.2, 0.25) is 0 Å². The molecule has 1 saturated heterocycles. The molecule has 1 atom stereocenters. The molecule has 0 aromatic heterocycles. The first-order valence-electron chi connectivity index (χ1n) is 9.29. The molecule has 2 amide bonds. The number of rotatable bonds is 6. The number of aryl methyl sites for hydroxylation is 3. The molecular formula is C22H26N2O2. The van der Waals surface area contributed by atoms with E-state index in [2.05, 4.69) is 24.4 Å². The van der Waals surface area contributed by atoms with Crippen molar-refractivity contribution >= 4 is 23.2 Å². The molecule has 1 unspecified atom stereocenters. The van der Waals surface area contributed by atoms with Gasteiger partial charge in [-0.05, 0) is 61.6 Å². The second kappa shape index (κ2) is 7.73. The maximum absolute atomic E-state index is 12.8. The molecule has 4 heteroatoms. The monoisotopic (exact) mass is 350 g/mol. The smallest absolute Gasteiger partial charge is 0.256 e. The number of imide groups is 1. The summed E-state index contributed by atoms with van der Waals surface area (Å²) < 4.78 is 0. The molecular weight excluding hydrogens is 324 g/mol. The number of benzene rings is 2. The molecule has 1 N–H and O–H groups in total. The van der Waals surface area contributed by atoms with E-state index >= 15 is 0 Å². The Hall–Kier alpha value is -2.62. The molecule has 0 saturated carbocycles. The molecule has 2 aromatic rings. The van der Waals surface area contributed by atoms with E-state index in [0.29, 0.717) is 5.69 Å². The molecule has 26 heavy (non-hydrogen) atoms. The van der Waals surface area contributed by atoms with Crippen molar-refractivity contribution in [1.82, 2.24) is 0 Å². The zero-order valence-corrected chi connectivity index (χ0v) is 15.7. The summed E-state index contributed by atoms with van der Waals surface area (Å²) in [6.45, 7) is 6.06. The predicted molar refractivity (Wildman–Crippen MR) is 105 cm³/mol. The van der Waals surface area contributed by atoms with Gasteiger partial charge >= 0.3 is 0 Å². The van der Waals surface area contributed by atoms with E-state index in [1.807, 2.05) is 44.2 Å². The van der Waals surface area contributed by atoms with E-state index in [-0.39, 0.29) is 18.2 Å². The number of carbonyl (C=O) groups excluding carboxylic acids is 2. The van der Waals surface area contributed by atoms with Gasteiger partial charge in [-0.2, -0.15) is 0 Å². The van der Waals surface area contributed by atoms with Gasteiger partial charge in [0.2, 0.25) is 5.91 Å². The lowest BCUT2D eigenvalue weighted by molar-refractivity contribution is -0.121. The first-order valence-corrected chi connectivity index (χ1v) is 9.29. The number of amides is 2. The molecule has 1 heterocycles. The summed E-state index contributed by atoms with van der Waals surface area (Å²) in [5, 5.41) is 3.23. The SMILES string of the molecule is CCCCc1ccc(NC2CC(=O)N(c3cc(C)ccc3C)C2=O)cc1. The van der Waals surface area contributed by atoms with Crippen LogP contribution in [0.15, 0.2) is 42.5 Å². The van der Waals surface area contributed by atoms with E-state index in [4.69, 9.17) is 0 Å². The van der Waals surface area contributed by atoms with Crippen molar-refractivity contribution in [3.63, 3.8) is 0 Å². The van der Waals surface area contributed by atoms with E-state index in [0.717, 1.165) is 23.2 Å². The van der Waals surface area contributed by atoms with Crippen molar-refractivity contribution < 1.29 is 9.59 Å². The highest BCUT2D eigenvalue weighted by molar-refractivity contribution is 6.23. The highest BCUT2D eigenvalue weighted by Crippen LogP contribution is 2.28. The Morgan fingerprint density at radius 1 is 1.08 bits per heavy atom. The molecule has 136 valence electrons. The number of hydrogen-bond acceptors (Lipinski definition) is 3. The first-order chi connectivity index (χ1) is 12.5. The molecule has 0 aliphatic carbocycles. The van der Waals surface area contributed by atoms with Crippen LogP contribution >= 0.6 is 0 Å². The van der Waals surface area contributed by atoms with Crippen molar-refractivity contribution in [2.24, 2.45) is 0 Å². The second-order valence-electron chi connectivity index (χ2n) is 7.06. The maximum atomic E-state index is 12.8. The quantitative estimate of drug-likeness (QED) is 0.786. The van der Waals surface area contributed by atoms with Gasteiger partial charge in [0, 0.05) is 5.69 Å². The summed E-state index contributed by atoms with van der Waals surface area (Å²) in [5.41, 5.74) is 4.82. The fourth-order valence-electron chi connectivity index (χ4n) is 3.31. The van der Waals surface area contributed by atoms with Crippen molar-refractivity contribution in [3.05, 3.63) is 59.2 Å². The number of nitrogens with zero attached hydrogens (tertiary/aromatic N) is 1. The normalized spacial score (nSPS) is 17.0. The minimum atomic E-state index is -0.510. The largest absolute Gasteiger partial charge is 0.373 e. The van der Waals surface area contributed by atoms with Crippen molar-refractivity contribution in [3.8, 4) is 0 Å². The minimum Gasteiger partial charge on any atom is -0.373 e. The standard InChI is InChI=1S/C22H26N2O2/c1-4-5-6-17-9-11-18(12-10-17)23-19-14-21(25)24(22(19)26)20-13-15(2)7-8-16(20)3/h7-13,19,23H,4-6,14H2,1-3H3. The Labute approximate surface area is 155 Å². The van der Waals surface area contributed by atoms with Crippen LogP contribution in [0.4, 0.5) is 11.4 Å². The second-order valence-corrected chi connectivity index (χ2v) is 7.06. The van der Waals surface area contributed by atoms with Crippen molar-refractivity contribution in [1.29, 1.82) is 0 Å². The number of unbranched alkanes of at least 4 members (excludes halogenated alkanes) is 1. The van der Waals surface area contributed by atoms with Crippen LogP contribution in [0.25, 0.3) is 0 Å². The van der Waals surface area contributed by atoms with Gasteiger partial charge in [0.25, 0.3) is 5.91 Å². The molecule has 0 radical (unpaired) electrons. The van der Waals surface area contributed by atoms with Gasteiger partial charge < -0.3 is 5.32 Å². The molecule has 0 spiro atoms. The van der Waals surface area contributed by atoms with Crippen molar-refractivity contribution in [2.45, 2.75) is 52.5 Å². The van der Waals surface area contributed by atoms with Crippen LogP contribution in [0.3, 0.4) is 0 Å². The van der Waals surface area contributed by atoms with Crippen LogP contribution < -0.4 is 10.2 Å². The van der Waals surface area contributed by atoms with Crippen LogP contribution in [0.5, 0.6) is 0 Å². The summed E-state index contributed by atoms with van der Waals surface area (Å²) >= 11 is 0. The van der Waals surface area contributed by atoms with Gasteiger partial charge in [-0.25, -0.2) is 4.90 Å². The van der Waals surface area contributed by atoms with Crippen LogP contribution in [-0.4, -0.2) is 17.9 Å². The summed E-state index contributed by atoms with van der Waals surface area (Å²) in [7, 11) is 0. The highest BCUT2D eigenvalue weighted by Gasteiger charge is 2.40. The Morgan fingerprint density at radius 2 is 1.81 bits per heavy atom. The molecule has 1 fully saturated rings. The first kappa shape index (κ1) is 18.2. The Kier molecular flexibility index (Phi) is 5.40. The van der Waals surface area contributed by atoms with Crippen LogP contribution in [0.1, 0.15) is 42.9 Å². The van der Waals surface area contributed by atoms with Gasteiger partial charge in [-0.15, -0.1) is 0 Å². The van der Waals surface area contributed by atoms with Gasteiger partial charge in [0.15, 0.2) is 0 Å². The molecule has 1 aliphatic rings. The molecule has 3 rings (SSSR count). The Balaban J connectivity index is 1.73. The van der Waals surface area contributed by atoms with Gasteiger partial charge in [0.1, 0.15) is 6.04 Å². The number of anilines is 2. The lowest BCUT2D eigenvalue weighted by Gasteiger charge is -2.18. The molecule has 1 aliphatic heterocycles. The fraction of sp³-hybridized carbons (Fsp3) is 0.364. The average molecular weight is 350 g/mol. The highest BCUT2D eigenvalue weighted by atomic mass is 16.2. The fourth-order valence-corrected chi connectivity index (χ4v) is 3.31. The summed E-state index contributed by atoms with van der Waals surface area (Å²) in [5.74, 6) is -0.334. The zero-order chi connectivity index (χ0) is 18.7. The van der Waals surface area contributed by atoms with Crippen molar-refractivity contribution in [2.75, 3.05) is 10.2 Å². The van der Waals surface area contributed by atoms with E-state index in [1.54, 1.807) is 0 Å². The minimum absolute atomic E-state index is 0.152. The lowest BCUT2D eigenvalue weighted by Crippen LogP contribution is -2.35. The molecule has 4 nitrogen and oxygen atoms in total. The summed E-state index contributed by atoms with van der Waals surface area (Å²) in [6, 6.07) is 13.5.